The van der Waals surface area contributed by atoms with Gasteiger partial charge in [0.05, 0.1) is 6.04 Å². The van der Waals surface area contributed by atoms with Crippen LogP contribution < -0.4 is 21.7 Å². The van der Waals surface area contributed by atoms with E-state index >= 15 is 0 Å². The van der Waals surface area contributed by atoms with Crippen LogP contribution in [-0.4, -0.2) is 57.8 Å². The van der Waals surface area contributed by atoms with Crippen LogP contribution in [0.2, 0.25) is 0 Å². The standard InChI is InChI=1S/C24H27N5O4.C2HF3O2/c1-15(27-23(31)20-13-19(11-12-25-20)17-5-3-2-4-6-17)22(30)26-14-16-7-9-18(10-8-16)21-28-24(32)33-29-21;3-2(4,5)1(6)7/h2-10,15,19-20,25H,11-14H2,1H3,(H,26,30)(H,27,31)(H,28,29,32);(H,6,7)/t15?,19-,20+;/m0./s1. The smallest absolute Gasteiger partial charge is 0.475 e. The molecular weight excluding hydrogens is 535 g/mol. The van der Waals surface area contributed by atoms with E-state index < -0.39 is 23.9 Å². The van der Waals surface area contributed by atoms with Gasteiger partial charge in [-0.2, -0.15) is 13.2 Å². The number of hydrogen-bond donors (Lipinski definition) is 5. The average Bonchev–Trinajstić information content (AvgIpc) is 3.38. The normalized spacial score (nSPS) is 17.6. The van der Waals surface area contributed by atoms with Crippen LogP contribution in [0.1, 0.15) is 36.8 Å². The summed E-state index contributed by atoms with van der Waals surface area (Å²) in [4.78, 5) is 47.7. The Morgan fingerprint density at radius 1 is 1.12 bits per heavy atom. The number of benzene rings is 2. The fourth-order valence-electron chi connectivity index (χ4n) is 4.00. The molecular formula is C26H28F3N5O6. The highest BCUT2D eigenvalue weighted by Gasteiger charge is 2.38. The van der Waals surface area contributed by atoms with Gasteiger partial charge in [0.1, 0.15) is 6.04 Å². The van der Waals surface area contributed by atoms with Crippen LogP contribution in [0.15, 0.2) is 63.9 Å². The number of aliphatic carboxylic acids is 1. The molecule has 1 fully saturated rings. The van der Waals surface area contributed by atoms with Crippen molar-refractivity contribution in [3.63, 3.8) is 0 Å². The fraction of sp³-hybridized carbons (Fsp3) is 0.346. The number of hydrogen-bond acceptors (Lipinski definition) is 7. The Balaban J connectivity index is 0.000000559. The number of H-pyrrole nitrogens is 1. The van der Waals surface area contributed by atoms with Crippen LogP contribution in [0.3, 0.4) is 0 Å². The molecule has 3 aromatic rings. The predicted octanol–water partition coefficient (Wildman–Crippen LogP) is 2.32. The Morgan fingerprint density at radius 3 is 2.35 bits per heavy atom. The topological polar surface area (TPSA) is 166 Å². The van der Waals surface area contributed by atoms with Gasteiger partial charge in [-0.25, -0.2) is 9.59 Å². The Morgan fingerprint density at radius 2 is 1.77 bits per heavy atom. The van der Waals surface area contributed by atoms with Crippen molar-refractivity contribution in [2.75, 3.05) is 6.54 Å². The number of amides is 2. The number of rotatable bonds is 7. The fourth-order valence-corrected chi connectivity index (χ4v) is 4.00. The molecule has 14 heteroatoms. The van der Waals surface area contributed by atoms with Gasteiger partial charge in [0.2, 0.25) is 11.8 Å². The number of aromatic amines is 1. The van der Waals surface area contributed by atoms with E-state index in [2.05, 4.69) is 42.7 Å². The third-order valence-electron chi connectivity index (χ3n) is 6.12. The number of carbonyl (C=O) groups is 3. The quantitative estimate of drug-likeness (QED) is 0.292. The zero-order chi connectivity index (χ0) is 29.3. The number of piperidine rings is 1. The second-order valence-electron chi connectivity index (χ2n) is 9.03. The molecule has 0 radical (unpaired) electrons. The van der Waals surface area contributed by atoms with E-state index in [1.54, 1.807) is 19.1 Å². The molecule has 2 aromatic carbocycles. The van der Waals surface area contributed by atoms with E-state index in [9.17, 15) is 27.6 Å². The van der Waals surface area contributed by atoms with Gasteiger partial charge in [-0.1, -0.05) is 59.8 Å². The number of nitrogens with one attached hydrogen (secondary N) is 4. The highest BCUT2D eigenvalue weighted by molar-refractivity contribution is 5.89. The van der Waals surface area contributed by atoms with Crippen LogP contribution in [0.25, 0.3) is 11.4 Å². The first-order valence-corrected chi connectivity index (χ1v) is 12.3. The van der Waals surface area contributed by atoms with E-state index in [4.69, 9.17) is 9.90 Å². The van der Waals surface area contributed by atoms with Gasteiger partial charge in [-0.05, 0) is 43.4 Å². The van der Waals surface area contributed by atoms with E-state index in [-0.39, 0.29) is 17.9 Å². The molecule has 11 nitrogen and oxygen atoms in total. The largest absolute Gasteiger partial charge is 0.490 e. The first kappa shape index (κ1) is 30.1. The van der Waals surface area contributed by atoms with E-state index in [1.807, 2.05) is 30.3 Å². The Kier molecular flexibility index (Phi) is 10.2. The monoisotopic (exact) mass is 563 g/mol. The lowest BCUT2D eigenvalue weighted by atomic mass is 9.86. The van der Waals surface area contributed by atoms with Gasteiger partial charge >= 0.3 is 17.9 Å². The number of halogens is 3. The van der Waals surface area contributed by atoms with Crippen molar-refractivity contribution in [1.29, 1.82) is 0 Å². The molecule has 1 aliphatic heterocycles. The summed E-state index contributed by atoms with van der Waals surface area (Å²) in [6, 6.07) is 16.4. The molecule has 1 saturated heterocycles. The third-order valence-corrected chi connectivity index (χ3v) is 6.12. The molecule has 3 atom stereocenters. The zero-order valence-corrected chi connectivity index (χ0v) is 21.3. The van der Waals surface area contributed by atoms with Crippen molar-refractivity contribution >= 4 is 17.8 Å². The van der Waals surface area contributed by atoms with Crippen molar-refractivity contribution in [3.8, 4) is 11.4 Å². The molecule has 214 valence electrons. The minimum atomic E-state index is -5.08. The van der Waals surface area contributed by atoms with Crippen LogP contribution >= 0.6 is 0 Å². The molecule has 2 amide bonds. The minimum Gasteiger partial charge on any atom is -0.475 e. The molecule has 1 aliphatic rings. The first-order chi connectivity index (χ1) is 18.9. The van der Waals surface area contributed by atoms with Crippen LogP contribution in [-0.2, 0) is 20.9 Å². The van der Waals surface area contributed by atoms with Gasteiger partial charge in [0.15, 0.2) is 5.82 Å². The van der Waals surface area contributed by atoms with E-state index in [0.717, 1.165) is 18.5 Å². The zero-order valence-electron chi connectivity index (χ0n) is 21.3. The summed E-state index contributed by atoms with van der Waals surface area (Å²) in [6.45, 7) is 2.75. The lowest BCUT2D eigenvalue weighted by molar-refractivity contribution is -0.192. The van der Waals surface area contributed by atoms with Gasteiger partial charge in [-0.15, -0.1) is 0 Å². The Hall–Kier alpha value is -4.46. The molecule has 0 saturated carbocycles. The van der Waals surface area contributed by atoms with Gasteiger partial charge in [0, 0.05) is 12.1 Å². The van der Waals surface area contributed by atoms with E-state index in [0.29, 0.717) is 30.3 Å². The van der Waals surface area contributed by atoms with Crippen molar-refractivity contribution in [1.82, 2.24) is 26.1 Å². The summed E-state index contributed by atoms with van der Waals surface area (Å²) in [7, 11) is 0. The molecule has 0 spiro atoms. The molecule has 40 heavy (non-hydrogen) atoms. The van der Waals surface area contributed by atoms with Crippen LogP contribution in [0, 0.1) is 0 Å². The molecule has 4 rings (SSSR count). The van der Waals surface area contributed by atoms with Crippen LogP contribution in [0.5, 0.6) is 0 Å². The number of carbonyl (C=O) groups excluding carboxylic acids is 2. The predicted molar refractivity (Wildman–Crippen MR) is 136 cm³/mol. The molecule has 1 aromatic heterocycles. The van der Waals surface area contributed by atoms with Crippen LogP contribution in [0.4, 0.5) is 13.2 Å². The number of carboxylic acids is 1. The Labute approximate surface area is 226 Å². The second-order valence-corrected chi connectivity index (χ2v) is 9.03. The van der Waals surface area contributed by atoms with Gasteiger partial charge < -0.3 is 21.1 Å². The summed E-state index contributed by atoms with van der Waals surface area (Å²) in [5.74, 6) is -3.13. The number of nitrogens with zero attached hydrogens (tertiary/aromatic N) is 1. The molecule has 5 N–H and O–H groups in total. The van der Waals surface area contributed by atoms with E-state index in [1.165, 1.54) is 5.56 Å². The minimum absolute atomic E-state index is 0.163. The summed E-state index contributed by atoms with van der Waals surface area (Å²) >= 11 is 0. The maximum absolute atomic E-state index is 12.7. The summed E-state index contributed by atoms with van der Waals surface area (Å²) in [6.07, 6.45) is -3.40. The first-order valence-electron chi connectivity index (χ1n) is 12.3. The number of aromatic nitrogens is 2. The van der Waals surface area contributed by atoms with Crippen molar-refractivity contribution < 1.29 is 37.2 Å². The SMILES string of the molecule is CC(NC(=O)[C@H]1C[C@@H](c2ccccc2)CCN1)C(=O)NCc1ccc(-c2noc(=O)[nH]2)cc1.O=C(O)C(F)(F)F. The highest BCUT2D eigenvalue weighted by atomic mass is 19.4. The Bertz CT molecular complexity index is 1340. The molecule has 0 aliphatic carbocycles. The number of carboxylic acid groups (broad SMARTS) is 1. The lowest BCUT2D eigenvalue weighted by Crippen LogP contribution is -2.53. The summed E-state index contributed by atoms with van der Waals surface area (Å²) in [5.41, 5.74) is 2.81. The molecule has 1 unspecified atom stereocenters. The van der Waals surface area contributed by atoms with Crippen molar-refractivity contribution in [2.45, 2.75) is 50.5 Å². The summed E-state index contributed by atoms with van der Waals surface area (Å²) in [5, 5.41) is 19.7. The van der Waals surface area contributed by atoms with Crippen molar-refractivity contribution in [3.05, 3.63) is 76.3 Å². The maximum Gasteiger partial charge on any atom is 0.490 e. The third kappa shape index (κ3) is 8.80. The molecule has 2 heterocycles. The van der Waals surface area contributed by atoms with Gasteiger partial charge in [0.25, 0.3) is 0 Å². The number of alkyl halides is 3. The molecule has 0 bridgehead atoms. The maximum atomic E-state index is 12.7. The highest BCUT2D eigenvalue weighted by Crippen LogP contribution is 2.27. The van der Waals surface area contributed by atoms with Gasteiger partial charge in [-0.3, -0.25) is 19.1 Å². The second kappa shape index (κ2) is 13.6. The average molecular weight is 564 g/mol. The van der Waals surface area contributed by atoms with Crippen molar-refractivity contribution in [2.24, 2.45) is 0 Å². The lowest BCUT2D eigenvalue weighted by Gasteiger charge is -2.30. The summed E-state index contributed by atoms with van der Waals surface area (Å²) < 4.78 is 36.2.